The van der Waals surface area contributed by atoms with Gasteiger partial charge in [-0.2, -0.15) is 0 Å². The lowest BCUT2D eigenvalue weighted by molar-refractivity contribution is -0.274. The Morgan fingerprint density at radius 1 is 1.13 bits per heavy atom. The summed E-state index contributed by atoms with van der Waals surface area (Å²) in [5, 5.41) is 3.55. The quantitative estimate of drug-likeness (QED) is 0.641. The fourth-order valence-corrected chi connectivity index (χ4v) is 3.64. The van der Waals surface area contributed by atoms with Crippen molar-refractivity contribution in [3.63, 3.8) is 0 Å². The molecule has 0 bridgehead atoms. The molecule has 2 aromatic carbocycles. The number of morpholine rings is 1. The number of halogens is 4. The number of rotatable bonds is 8. The summed E-state index contributed by atoms with van der Waals surface area (Å²) in [5.41, 5.74) is 1.35. The van der Waals surface area contributed by atoms with Gasteiger partial charge in [0.25, 0.3) is 0 Å². The molecule has 1 heterocycles. The third-order valence-electron chi connectivity index (χ3n) is 5.05. The van der Waals surface area contributed by atoms with E-state index < -0.39 is 6.36 Å². The Kier molecular flexibility index (Phi) is 8.17. The Balaban J connectivity index is 1.59. The van der Waals surface area contributed by atoms with E-state index in [4.69, 9.17) is 16.3 Å². The standard InChI is InChI=1S/C22H24ClF3N2O3/c23-18-8-5-16(6-9-18)19(28-11-13-30-14-12-28)15-27-21(29)10-7-17-3-1-2-4-20(17)31-22(24,25)26/h1-6,8-9,19H,7,10-15H2,(H,27,29). The summed E-state index contributed by atoms with van der Waals surface area (Å²) in [7, 11) is 0. The van der Waals surface area contributed by atoms with Crippen LogP contribution in [0.2, 0.25) is 5.02 Å². The average Bonchev–Trinajstić information content (AvgIpc) is 2.74. The second-order valence-corrected chi connectivity index (χ2v) is 7.61. The zero-order chi connectivity index (χ0) is 22.3. The largest absolute Gasteiger partial charge is 0.573 e. The number of aryl methyl sites for hydroxylation is 1. The molecule has 0 saturated carbocycles. The van der Waals surface area contributed by atoms with Crippen LogP contribution in [0.4, 0.5) is 13.2 Å². The van der Waals surface area contributed by atoms with Gasteiger partial charge in [-0.1, -0.05) is 41.9 Å². The Labute approximate surface area is 184 Å². The van der Waals surface area contributed by atoms with Gasteiger partial charge in [0.05, 0.1) is 19.3 Å². The zero-order valence-corrected chi connectivity index (χ0v) is 17.6. The number of hydrogen-bond donors (Lipinski definition) is 1. The van der Waals surface area contributed by atoms with Crippen molar-refractivity contribution >= 4 is 17.5 Å². The molecule has 1 N–H and O–H groups in total. The Morgan fingerprint density at radius 2 is 1.81 bits per heavy atom. The Morgan fingerprint density at radius 3 is 2.48 bits per heavy atom. The van der Waals surface area contributed by atoms with E-state index in [1.165, 1.54) is 18.2 Å². The van der Waals surface area contributed by atoms with E-state index in [-0.39, 0.29) is 30.5 Å². The summed E-state index contributed by atoms with van der Waals surface area (Å²) in [4.78, 5) is 14.7. The van der Waals surface area contributed by atoms with Crippen LogP contribution in [-0.2, 0) is 16.0 Å². The predicted octanol–water partition coefficient (Wildman–Crippen LogP) is 4.36. The molecule has 1 saturated heterocycles. The molecule has 9 heteroatoms. The van der Waals surface area contributed by atoms with Crippen LogP contribution < -0.4 is 10.1 Å². The van der Waals surface area contributed by atoms with E-state index >= 15 is 0 Å². The van der Waals surface area contributed by atoms with Gasteiger partial charge in [-0.3, -0.25) is 9.69 Å². The van der Waals surface area contributed by atoms with Crippen LogP contribution in [0.1, 0.15) is 23.6 Å². The van der Waals surface area contributed by atoms with E-state index in [9.17, 15) is 18.0 Å². The number of carbonyl (C=O) groups is 1. The molecule has 2 aromatic rings. The van der Waals surface area contributed by atoms with Gasteiger partial charge >= 0.3 is 6.36 Å². The Bertz CT molecular complexity index is 856. The van der Waals surface area contributed by atoms with Gasteiger partial charge in [0.1, 0.15) is 5.75 Å². The number of para-hydroxylation sites is 1. The van der Waals surface area contributed by atoms with E-state index in [1.54, 1.807) is 6.07 Å². The molecule has 5 nitrogen and oxygen atoms in total. The highest BCUT2D eigenvalue weighted by Crippen LogP contribution is 2.27. The molecule has 1 unspecified atom stereocenters. The van der Waals surface area contributed by atoms with E-state index in [2.05, 4.69) is 15.0 Å². The van der Waals surface area contributed by atoms with E-state index in [1.807, 2.05) is 24.3 Å². The average molecular weight is 457 g/mol. The molecule has 168 valence electrons. The lowest BCUT2D eigenvalue weighted by Crippen LogP contribution is -2.43. The first-order valence-corrected chi connectivity index (χ1v) is 10.4. The number of benzene rings is 2. The van der Waals surface area contributed by atoms with Crippen LogP contribution in [0, 0.1) is 0 Å². The van der Waals surface area contributed by atoms with Crippen LogP contribution >= 0.6 is 11.6 Å². The highest BCUT2D eigenvalue weighted by molar-refractivity contribution is 6.30. The molecule has 0 spiro atoms. The summed E-state index contributed by atoms with van der Waals surface area (Å²) in [6, 6.07) is 13.3. The van der Waals surface area contributed by atoms with Crippen molar-refractivity contribution in [2.75, 3.05) is 32.8 Å². The highest BCUT2D eigenvalue weighted by atomic mass is 35.5. The van der Waals surface area contributed by atoms with Crippen molar-refractivity contribution in [3.05, 3.63) is 64.7 Å². The number of alkyl halides is 3. The number of ether oxygens (including phenoxy) is 2. The van der Waals surface area contributed by atoms with Crippen molar-refractivity contribution in [1.82, 2.24) is 10.2 Å². The maximum absolute atomic E-state index is 12.6. The van der Waals surface area contributed by atoms with Gasteiger partial charge in [0.2, 0.25) is 5.91 Å². The molecule has 1 aliphatic heterocycles. The molecule has 0 radical (unpaired) electrons. The predicted molar refractivity (Wildman–Crippen MR) is 111 cm³/mol. The fourth-order valence-electron chi connectivity index (χ4n) is 3.51. The smallest absolute Gasteiger partial charge is 0.406 e. The van der Waals surface area contributed by atoms with E-state index in [0.29, 0.717) is 30.3 Å². The second kappa shape index (κ2) is 10.8. The number of hydrogen-bond acceptors (Lipinski definition) is 4. The minimum absolute atomic E-state index is 0.0500. The topological polar surface area (TPSA) is 50.8 Å². The van der Waals surface area contributed by atoms with Crippen molar-refractivity contribution in [2.24, 2.45) is 0 Å². The third kappa shape index (κ3) is 7.41. The van der Waals surface area contributed by atoms with Crippen molar-refractivity contribution in [1.29, 1.82) is 0 Å². The summed E-state index contributed by atoms with van der Waals surface area (Å²) >= 11 is 6.00. The molecule has 1 fully saturated rings. The van der Waals surface area contributed by atoms with Crippen LogP contribution in [0.5, 0.6) is 5.75 Å². The molecule has 0 aliphatic carbocycles. The van der Waals surface area contributed by atoms with Gasteiger partial charge in [0.15, 0.2) is 0 Å². The van der Waals surface area contributed by atoms with Crippen molar-refractivity contribution < 1.29 is 27.4 Å². The number of amides is 1. The van der Waals surface area contributed by atoms with Crippen LogP contribution in [0.25, 0.3) is 0 Å². The first kappa shape index (κ1) is 23.4. The van der Waals surface area contributed by atoms with Crippen molar-refractivity contribution in [2.45, 2.75) is 25.2 Å². The normalized spacial score (nSPS) is 16.0. The molecule has 31 heavy (non-hydrogen) atoms. The first-order chi connectivity index (χ1) is 14.8. The molecule has 3 rings (SSSR count). The highest BCUT2D eigenvalue weighted by Gasteiger charge is 2.32. The summed E-state index contributed by atoms with van der Waals surface area (Å²) in [5.74, 6) is -0.524. The van der Waals surface area contributed by atoms with Gasteiger partial charge in [-0.25, -0.2) is 0 Å². The monoisotopic (exact) mass is 456 g/mol. The maximum atomic E-state index is 12.6. The van der Waals surface area contributed by atoms with Crippen LogP contribution in [-0.4, -0.2) is 50.0 Å². The number of nitrogens with zero attached hydrogens (tertiary/aromatic N) is 1. The van der Waals surface area contributed by atoms with Crippen molar-refractivity contribution in [3.8, 4) is 5.75 Å². The zero-order valence-electron chi connectivity index (χ0n) is 16.8. The molecular formula is C22H24ClF3N2O3. The maximum Gasteiger partial charge on any atom is 0.573 e. The SMILES string of the molecule is O=C(CCc1ccccc1OC(F)(F)F)NCC(c1ccc(Cl)cc1)N1CCOCC1. The second-order valence-electron chi connectivity index (χ2n) is 7.18. The molecular weight excluding hydrogens is 433 g/mol. The van der Waals surface area contributed by atoms with Gasteiger partial charge < -0.3 is 14.8 Å². The lowest BCUT2D eigenvalue weighted by Gasteiger charge is -2.35. The number of nitrogens with one attached hydrogen (secondary N) is 1. The van der Waals surface area contributed by atoms with Gasteiger partial charge in [-0.15, -0.1) is 13.2 Å². The van der Waals surface area contributed by atoms with E-state index in [0.717, 1.165) is 18.7 Å². The minimum Gasteiger partial charge on any atom is -0.406 e. The first-order valence-electron chi connectivity index (χ1n) is 9.99. The molecule has 0 aromatic heterocycles. The lowest BCUT2D eigenvalue weighted by atomic mass is 10.0. The van der Waals surface area contributed by atoms with Crippen LogP contribution in [0.3, 0.4) is 0 Å². The summed E-state index contributed by atoms with van der Waals surface area (Å²) in [6.45, 7) is 3.10. The number of carbonyl (C=O) groups excluding carboxylic acids is 1. The van der Waals surface area contributed by atoms with Gasteiger partial charge in [-0.05, 0) is 35.7 Å². The minimum atomic E-state index is -4.78. The summed E-state index contributed by atoms with van der Waals surface area (Å²) < 4.78 is 47.2. The molecule has 1 amide bonds. The van der Waals surface area contributed by atoms with Crippen LogP contribution in [0.15, 0.2) is 48.5 Å². The Hall–Kier alpha value is -2.29. The van der Waals surface area contributed by atoms with Gasteiger partial charge in [0, 0.05) is 31.1 Å². The molecule has 1 atom stereocenters. The third-order valence-corrected chi connectivity index (χ3v) is 5.31. The molecule has 1 aliphatic rings. The summed E-state index contributed by atoms with van der Waals surface area (Å²) in [6.07, 6.45) is -4.59. The fraction of sp³-hybridized carbons (Fsp3) is 0.409.